The van der Waals surface area contributed by atoms with Crippen molar-refractivity contribution in [3.05, 3.63) is 29.7 Å². The smallest absolute Gasteiger partial charge is 0.323 e. The van der Waals surface area contributed by atoms with Crippen LogP contribution in [0.5, 0.6) is 0 Å². The first-order valence-electron chi connectivity index (χ1n) is 10.6. The first kappa shape index (κ1) is 21.5. The molecule has 1 aliphatic rings. The largest absolute Gasteiger partial charge is 0.354 e. The van der Waals surface area contributed by atoms with Crippen molar-refractivity contribution in [1.29, 1.82) is 0 Å². The molecule has 0 aliphatic carbocycles. The Morgan fingerprint density at radius 2 is 2.19 bits per heavy atom. The van der Waals surface area contributed by atoms with E-state index in [2.05, 4.69) is 49.0 Å². The highest BCUT2D eigenvalue weighted by atomic mass is 32.1. The van der Waals surface area contributed by atoms with Crippen LogP contribution in [0.1, 0.15) is 19.0 Å². The van der Waals surface area contributed by atoms with E-state index in [-0.39, 0.29) is 12.1 Å². The maximum Gasteiger partial charge on any atom is 0.323 e. The van der Waals surface area contributed by atoms with Crippen LogP contribution >= 0.6 is 11.3 Å². The maximum absolute atomic E-state index is 12.9. The first-order chi connectivity index (χ1) is 14.9. The van der Waals surface area contributed by atoms with Gasteiger partial charge < -0.3 is 19.7 Å². The third-order valence-electron chi connectivity index (χ3n) is 5.95. The molecular weight excluding hydrogens is 412 g/mol. The Kier molecular flexibility index (Phi) is 6.38. The number of thiazole rings is 1. The van der Waals surface area contributed by atoms with Crippen LogP contribution in [0.2, 0.25) is 0 Å². The standard InChI is InChI=1S/C21H30N8OS/c1-14-6-10-29(21(30)26-20-25-15(12-31-20)7-9-27(2)3)11-17(14)28(4)19-16-5-8-22-18(16)23-13-24-19/h5,8,12-14,17H,6-7,9-11H2,1-4H3,(H,22,23,24)(H,25,26,30). The fraction of sp³-hybridized carbons (Fsp3) is 0.524. The van der Waals surface area contributed by atoms with Crippen LogP contribution in [0.25, 0.3) is 11.0 Å². The summed E-state index contributed by atoms with van der Waals surface area (Å²) in [7, 11) is 6.14. The fourth-order valence-corrected chi connectivity index (χ4v) is 4.76. The first-order valence-corrected chi connectivity index (χ1v) is 11.5. The average molecular weight is 443 g/mol. The lowest BCUT2D eigenvalue weighted by atomic mass is 9.92. The molecule has 3 aromatic rings. The molecule has 3 aromatic heterocycles. The van der Waals surface area contributed by atoms with E-state index in [4.69, 9.17) is 0 Å². The maximum atomic E-state index is 12.9. The van der Waals surface area contributed by atoms with Crippen LogP contribution in [0.15, 0.2) is 24.0 Å². The molecule has 2 amide bonds. The Labute approximate surface area is 186 Å². The molecular formula is C21H30N8OS. The zero-order valence-electron chi connectivity index (χ0n) is 18.5. The number of rotatable bonds is 6. The molecule has 2 unspecified atom stereocenters. The highest BCUT2D eigenvalue weighted by Gasteiger charge is 2.33. The molecule has 0 bridgehead atoms. The lowest BCUT2D eigenvalue weighted by Crippen LogP contribution is -2.53. The molecule has 0 radical (unpaired) electrons. The van der Waals surface area contributed by atoms with Gasteiger partial charge in [0.1, 0.15) is 17.8 Å². The summed E-state index contributed by atoms with van der Waals surface area (Å²) in [5.74, 6) is 1.33. The van der Waals surface area contributed by atoms with Crippen molar-refractivity contribution >= 4 is 39.4 Å². The van der Waals surface area contributed by atoms with Crippen molar-refractivity contribution in [2.75, 3.05) is 51.0 Å². The molecule has 0 aromatic carbocycles. The van der Waals surface area contributed by atoms with Gasteiger partial charge in [0.05, 0.1) is 17.1 Å². The summed E-state index contributed by atoms with van der Waals surface area (Å²) in [6.45, 7) is 4.55. The number of H-pyrrole nitrogens is 1. The van der Waals surface area contributed by atoms with Gasteiger partial charge in [-0.3, -0.25) is 5.32 Å². The second-order valence-electron chi connectivity index (χ2n) is 8.45. The van der Waals surface area contributed by atoms with E-state index < -0.39 is 0 Å². The number of hydrogen-bond donors (Lipinski definition) is 2. The predicted octanol–water partition coefficient (Wildman–Crippen LogP) is 2.90. The second-order valence-corrected chi connectivity index (χ2v) is 9.31. The van der Waals surface area contributed by atoms with E-state index in [9.17, 15) is 4.79 Å². The van der Waals surface area contributed by atoms with Crippen LogP contribution in [0, 0.1) is 5.92 Å². The Morgan fingerprint density at radius 1 is 1.35 bits per heavy atom. The van der Waals surface area contributed by atoms with Gasteiger partial charge in [0, 0.05) is 44.7 Å². The van der Waals surface area contributed by atoms with E-state index in [1.165, 1.54) is 11.3 Å². The Morgan fingerprint density at radius 3 is 3.00 bits per heavy atom. The molecule has 0 saturated carbocycles. The van der Waals surface area contributed by atoms with E-state index >= 15 is 0 Å². The van der Waals surface area contributed by atoms with Crippen molar-refractivity contribution < 1.29 is 4.79 Å². The molecule has 9 nitrogen and oxygen atoms in total. The number of urea groups is 1. The molecule has 10 heteroatoms. The number of anilines is 2. The Bertz CT molecular complexity index is 1030. The van der Waals surface area contributed by atoms with E-state index in [0.717, 1.165) is 48.5 Å². The van der Waals surface area contributed by atoms with Crippen molar-refractivity contribution in [2.24, 2.45) is 5.92 Å². The van der Waals surface area contributed by atoms with Crippen LogP contribution in [-0.2, 0) is 6.42 Å². The number of amides is 2. The third kappa shape index (κ3) is 4.80. The zero-order valence-corrected chi connectivity index (χ0v) is 19.3. The summed E-state index contributed by atoms with van der Waals surface area (Å²) in [6.07, 6.45) is 5.27. The fourth-order valence-electron chi connectivity index (χ4n) is 4.02. The number of nitrogens with one attached hydrogen (secondary N) is 2. The molecule has 2 N–H and O–H groups in total. The average Bonchev–Trinajstić information content (AvgIpc) is 3.41. The summed E-state index contributed by atoms with van der Waals surface area (Å²) >= 11 is 1.48. The van der Waals surface area contributed by atoms with Gasteiger partial charge in [-0.15, -0.1) is 11.3 Å². The number of likely N-dealkylation sites (tertiary alicyclic amines) is 1. The molecule has 0 spiro atoms. The topological polar surface area (TPSA) is 93.3 Å². The molecule has 4 heterocycles. The third-order valence-corrected chi connectivity index (χ3v) is 6.76. The van der Waals surface area contributed by atoms with Crippen molar-refractivity contribution in [3.63, 3.8) is 0 Å². The molecule has 1 fully saturated rings. The summed E-state index contributed by atoms with van der Waals surface area (Å²) in [5, 5.41) is 6.66. The Balaban J connectivity index is 1.42. The lowest BCUT2D eigenvalue weighted by molar-refractivity contribution is 0.172. The molecule has 166 valence electrons. The molecule has 1 aliphatic heterocycles. The Hall–Kier alpha value is -2.72. The summed E-state index contributed by atoms with van der Waals surface area (Å²) in [4.78, 5) is 35.7. The van der Waals surface area contributed by atoms with Gasteiger partial charge >= 0.3 is 6.03 Å². The lowest BCUT2D eigenvalue weighted by Gasteiger charge is -2.42. The number of carbonyl (C=O) groups is 1. The molecule has 31 heavy (non-hydrogen) atoms. The van der Waals surface area contributed by atoms with E-state index in [1.807, 2.05) is 36.6 Å². The van der Waals surface area contributed by atoms with Crippen molar-refractivity contribution in [2.45, 2.75) is 25.8 Å². The SMILES string of the molecule is CC1CCN(C(=O)Nc2nc(CCN(C)C)cs2)CC1N(C)c1ncnc2[nH]ccc12. The van der Waals surface area contributed by atoms with E-state index in [0.29, 0.717) is 17.6 Å². The number of carbonyl (C=O) groups excluding carboxylic acids is 1. The number of nitrogens with zero attached hydrogens (tertiary/aromatic N) is 6. The highest BCUT2D eigenvalue weighted by Crippen LogP contribution is 2.29. The minimum absolute atomic E-state index is 0.0895. The number of aromatic amines is 1. The quantitative estimate of drug-likeness (QED) is 0.610. The molecule has 4 rings (SSSR count). The number of fused-ring (bicyclic) bond motifs is 1. The van der Waals surface area contributed by atoms with Crippen LogP contribution in [0.4, 0.5) is 15.7 Å². The minimum Gasteiger partial charge on any atom is -0.354 e. The number of piperidine rings is 1. The number of hydrogen-bond acceptors (Lipinski definition) is 7. The second kappa shape index (κ2) is 9.19. The molecule has 1 saturated heterocycles. The van der Waals surface area contributed by atoms with Gasteiger partial charge in [-0.05, 0) is 32.5 Å². The van der Waals surface area contributed by atoms with Gasteiger partial charge in [0.2, 0.25) is 0 Å². The van der Waals surface area contributed by atoms with Crippen molar-refractivity contribution in [1.82, 2.24) is 29.7 Å². The zero-order chi connectivity index (χ0) is 22.0. The highest BCUT2D eigenvalue weighted by molar-refractivity contribution is 7.13. The van der Waals surface area contributed by atoms with Crippen LogP contribution < -0.4 is 10.2 Å². The van der Waals surface area contributed by atoms with Gasteiger partial charge in [-0.25, -0.2) is 19.7 Å². The van der Waals surface area contributed by atoms with Crippen molar-refractivity contribution in [3.8, 4) is 0 Å². The number of aromatic nitrogens is 4. The van der Waals surface area contributed by atoms with Gasteiger partial charge in [-0.2, -0.15) is 0 Å². The van der Waals surface area contributed by atoms with Crippen LogP contribution in [0.3, 0.4) is 0 Å². The number of likely N-dealkylation sites (N-methyl/N-ethyl adjacent to an activating group) is 2. The van der Waals surface area contributed by atoms with E-state index in [1.54, 1.807) is 6.33 Å². The van der Waals surface area contributed by atoms with Gasteiger partial charge in [-0.1, -0.05) is 6.92 Å². The van der Waals surface area contributed by atoms with Gasteiger partial charge in [0.15, 0.2) is 5.13 Å². The monoisotopic (exact) mass is 442 g/mol. The molecule has 2 atom stereocenters. The van der Waals surface area contributed by atoms with Crippen LogP contribution in [-0.4, -0.2) is 82.6 Å². The predicted molar refractivity (Wildman–Crippen MR) is 125 cm³/mol. The van der Waals surface area contributed by atoms with Gasteiger partial charge in [0.25, 0.3) is 0 Å². The summed E-state index contributed by atoms with van der Waals surface area (Å²) < 4.78 is 0. The summed E-state index contributed by atoms with van der Waals surface area (Å²) in [5.41, 5.74) is 1.84. The summed E-state index contributed by atoms with van der Waals surface area (Å²) in [6, 6.07) is 2.07. The minimum atomic E-state index is -0.0895. The normalized spacial score (nSPS) is 19.2.